The molecule has 0 atom stereocenters. The highest BCUT2D eigenvalue weighted by atomic mass is 35.5. The highest BCUT2D eigenvalue weighted by Gasteiger charge is 2.17. The summed E-state index contributed by atoms with van der Waals surface area (Å²) in [6.45, 7) is 0. The smallest absolute Gasteiger partial charge is 0.288 e. The lowest BCUT2D eigenvalue weighted by Gasteiger charge is -2.11. The first-order valence-corrected chi connectivity index (χ1v) is 8.29. The van der Waals surface area contributed by atoms with Crippen molar-refractivity contribution in [2.75, 3.05) is 5.32 Å². The first-order valence-electron chi connectivity index (χ1n) is 7.92. The maximum atomic E-state index is 12.5. The number of halogens is 1. The van der Waals surface area contributed by atoms with Gasteiger partial charge >= 0.3 is 0 Å². The molecule has 0 radical (unpaired) electrons. The van der Waals surface area contributed by atoms with E-state index in [0.717, 1.165) is 11.1 Å². The van der Waals surface area contributed by atoms with Gasteiger partial charge in [-0.3, -0.25) is 14.9 Å². The number of carbonyl (C=O) groups is 1. The molecule has 0 spiro atoms. The van der Waals surface area contributed by atoms with E-state index >= 15 is 0 Å². The van der Waals surface area contributed by atoms with Gasteiger partial charge in [-0.05, 0) is 35.7 Å². The molecule has 1 amide bonds. The number of para-hydroxylation sites is 1. The lowest BCUT2D eigenvalue weighted by molar-refractivity contribution is -0.384. The quantitative estimate of drug-likeness (QED) is 0.505. The van der Waals surface area contributed by atoms with Gasteiger partial charge in [0.1, 0.15) is 5.02 Å². The average molecular weight is 367 g/mol. The van der Waals surface area contributed by atoms with Crippen molar-refractivity contribution in [3.8, 4) is 0 Å². The van der Waals surface area contributed by atoms with Crippen LogP contribution in [-0.4, -0.2) is 10.8 Å². The number of hydrogen-bond acceptors (Lipinski definition) is 3. The molecule has 3 aromatic carbocycles. The van der Waals surface area contributed by atoms with Crippen LogP contribution in [0.4, 0.5) is 11.4 Å². The van der Waals surface area contributed by atoms with Gasteiger partial charge in [0.05, 0.1) is 4.92 Å². The Labute approximate surface area is 155 Å². The van der Waals surface area contributed by atoms with E-state index in [9.17, 15) is 14.9 Å². The van der Waals surface area contributed by atoms with Gasteiger partial charge in [-0.2, -0.15) is 0 Å². The van der Waals surface area contributed by atoms with Crippen molar-refractivity contribution in [2.45, 2.75) is 6.42 Å². The van der Waals surface area contributed by atoms with Gasteiger partial charge in [0.25, 0.3) is 11.6 Å². The second-order valence-electron chi connectivity index (χ2n) is 5.70. The number of benzene rings is 3. The second kappa shape index (κ2) is 7.80. The van der Waals surface area contributed by atoms with Crippen LogP contribution in [0.25, 0.3) is 0 Å². The largest absolute Gasteiger partial charge is 0.322 e. The van der Waals surface area contributed by atoms with Crippen LogP contribution in [0.1, 0.15) is 21.5 Å². The van der Waals surface area contributed by atoms with E-state index in [1.165, 1.54) is 18.2 Å². The van der Waals surface area contributed by atoms with Crippen LogP contribution in [0.15, 0.2) is 72.8 Å². The van der Waals surface area contributed by atoms with Gasteiger partial charge in [-0.1, -0.05) is 60.1 Å². The van der Waals surface area contributed by atoms with Crippen LogP contribution < -0.4 is 5.32 Å². The Morgan fingerprint density at radius 1 is 1.00 bits per heavy atom. The van der Waals surface area contributed by atoms with Crippen LogP contribution in [0, 0.1) is 10.1 Å². The molecule has 0 saturated heterocycles. The van der Waals surface area contributed by atoms with Crippen molar-refractivity contribution in [3.63, 3.8) is 0 Å². The molecule has 3 aromatic rings. The van der Waals surface area contributed by atoms with Crippen LogP contribution in [0.5, 0.6) is 0 Å². The molecule has 26 heavy (non-hydrogen) atoms. The molecule has 3 rings (SSSR count). The van der Waals surface area contributed by atoms with E-state index < -0.39 is 10.8 Å². The standard InChI is InChI=1S/C20H15ClN2O3/c21-17-11-10-16(13-19(17)23(25)26)20(24)22-18-9-5-4-8-15(18)12-14-6-2-1-3-7-14/h1-11,13H,12H2,(H,22,24). The molecule has 0 saturated carbocycles. The van der Waals surface area contributed by atoms with Crippen molar-refractivity contribution < 1.29 is 9.72 Å². The number of nitro benzene ring substituents is 1. The molecule has 0 unspecified atom stereocenters. The minimum absolute atomic E-state index is 0.00368. The van der Waals surface area contributed by atoms with Crippen molar-refractivity contribution >= 4 is 28.9 Å². The first kappa shape index (κ1) is 17.6. The maximum Gasteiger partial charge on any atom is 0.288 e. The fourth-order valence-electron chi connectivity index (χ4n) is 2.60. The Bertz CT molecular complexity index is 958. The Balaban J connectivity index is 1.84. The van der Waals surface area contributed by atoms with Gasteiger partial charge in [-0.15, -0.1) is 0 Å². The molecule has 0 aliphatic heterocycles. The summed E-state index contributed by atoms with van der Waals surface area (Å²) in [4.78, 5) is 22.9. The fourth-order valence-corrected chi connectivity index (χ4v) is 2.79. The lowest BCUT2D eigenvalue weighted by Crippen LogP contribution is -2.13. The molecule has 0 fully saturated rings. The normalized spacial score (nSPS) is 10.3. The third-order valence-corrected chi connectivity index (χ3v) is 4.23. The molecule has 0 bridgehead atoms. The van der Waals surface area contributed by atoms with E-state index in [1.807, 2.05) is 48.5 Å². The van der Waals surface area contributed by atoms with Crippen molar-refractivity contribution in [3.05, 3.63) is 105 Å². The predicted molar refractivity (Wildman–Crippen MR) is 102 cm³/mol. The zero-order chi connectivity index (χ0) is 18.5. The number of rotatable bonds is 5. The SMILES string of the molecule is O=C(Nc1ccccc1Cc1ccccc1)c1ccc(Cl)c([N+](=O)[O-])c1. The monoisotopic (exact) mass is 366 g/mol. The number of amides is 1. The van der Waals surface area contributed by atoms with E-state index in [2.05, 4.69) is 5.32 Å². The Hall–Kier alpha value is -3.18. The fraction of sp³-hybridized carbons (Fsp3) is 0.0500. The van der Waals surface area contributed by atoms with Crippen LogP contribution in [-0.2, 0) is 6.42 Å². The molecule has 0 heterocycles. The number of hydrogen-bond donors (Lipinski definition) is 1. The van der Waals surface area contributed by atoms with Gasteiger partial charge in [-0.25, -0.2) is 0 Å². The first-order chi connectivity index (χ1) is 12.5. The molecular weight excluding hydrogens is 352 g/mol. The Kier molecular flexibility index (Phi) is 5.29. The molecule has 0 aliphatic rings. The summed E-state index contributed by atoms with van der Waals surface area (Å²) >= 11 is 5.80. The van der Waals surface area contributed by atoms with Crippen molar-refractivity contribution in [1.82, 2.24) is 0 Å². The lowest BCUT2D eigenvalue weighted by atomic mass is 10.0. The summed E-state index contributed by atoms with van der Waals surface area (Å²) in [6.07, 6.45) is 0.665. The van der Waals surface area contributed by atoms with E-state index in [0.29, 0.717) is 12.1 Å². The van der Waals surface area contributed by atoms with Gasteiger partial charge in [0, 0.05) is 17.3 Å². The highest BCUT2D eigenvalue weighted by Crippen LogP contribution is 2.26. The van der Waals surface area contributed by atoms with Gasteiger partial charge in [0.15, 0.2) is 0 Å². The van der Waals surface area contributed by atoms with Crippen LogP contribution >= 0.6 is 11.6 Å². The molecule has 130 valence electrons. The minimum Gasteiger partial charge on any atom is -0.322 e. The van der Waals surface area contributed by atoms with Crippen LogP contribution in [0.2, 0.25) is 5.02 Å². The molecule has 0 aromatic heterocycles. The topological polar surface area (TPSA) is 72.2 Å². The Morgan fingerprint density at radius 2 is 1.69 bits per heavy atom. The predicted octanol–water partition coefficient (Wildman–Crippen LogP) is 5.09. The summed E-state index contributed by atoms with van der Waals surface area (Å²) < 4.78 is 0. The average Bonchev–Trinajstić information content (AvgIpc) is 2.64. The van der Waals surface area contributed by atoms with Crippen molar-refractivity contribution in [1.29, 1.82) is 0 Å². The molecule has 5 nitrogen and oxygen atoms in total. The number of nitrogens with one attached hydrogen (secondary N) is 1. The second-order valence-corrected chi connectivity index (χ2v) is 6.10. The Morgan fingerprint density at radius 3 is 2.42 bits per heavy atom. The minimum atomic E-state index is -0.609. The summed E-state index contributed by atoms with van der Waals surface area (Å²) in [5, 5.41) is 13.8. The summed E-state index contributed by atoms with van der Waals surface area (Å²) in [5.41, 5.74) is 2.62. The van der Waals surface area contributed by atoms with E-state index in [4.69, 9.17) is 11.6 Å². The maximum absolute atomic E-state index is 12.5. The molecule has 0 aliphatic carbocycles. The number of nitrogens with zero attached hydrogens (tertiary/aromatic N) is 1. The molecule has 6 heteroatoms. The molecule has 1 N–H and O–H groups in total. The van der Waals surface area contributed by atoms with E-state index in [-0.39, 0.29) is 16.3 Å². The van der Waals surface area contributed by atoms with Gasteiger partial charge < -0.3 is 5.32 Å². The summed E-state index contributed by atoms with van der Waals surface area (Å²) in [6, 6.07) is 21.4. The zero-order valence-corrected chi connectivity index (χ0v) is 14.4. The number of carbonyl (C=O) groups excluding carboxylic acids is 1. The molecular formula is C20H15ClN2O3. The number of nitro groups is 1. The third-order valence-electron chi connectivity index (χ3n) is 3.91. The van der Waals surface area contributed by atoms with Crippen LogP contribution in [0.3, 0.4) is 0 Å². The van der Waals surface area contributed by atoms with Gasteiger partial charge in [0.2, 0.25) is 0 Å². The highest BCUT2D eigenvalue weighted by molar-refractivity contribution is 6.32. The number of anilines is 1. The third kappa shape index (κ3) is 4.07. The summed E-state index contributed by atoms with van der Waals surface area (Å²) in [5.74, 6) is -0.426. The summed E-state index contributed by atoms with van der Waals surface area (Å²) in [7, 11) is 0. The zero-order valence-electron chi connectivity index (χ0n) is 13.7. The van der Waals surface area contributed by atoms with E-state index in [1.54, 1.807) is 6.07 Å². The van der Waals surface area contributed by atoms with Crippen molar-refractivity contribution in [2.24, 2.45) is 0 Å².